The van der Waals surface area contributed by atoms with Gasteiger partial charge in [0.1, 0.15) is 11.9 Å². The molecule has 2 aliphatic rings. The molecule has 1 aromatic heterocycles. The quantitative estimate of drug-likeness (QED) is 0.426. The number of esters is 1. The molecule has 3 rings (SSSR count). The maximum absolute atomic E-state index is 13.2. The highest BCUT2D eigenvalue weighted by Crippen LogP contribution is 2.45. The summed E-state index contributed by atoms with van der Waals surface area (Å²) in [5.74, 6) is -1.62. The van der Waals surface area contributed by atoms with Gasteiger partial charge in [-0.1, -0.05) is 45.7 Å². The van der Waals surface area contributed by atoms with Crippen LogP contribution in [-0.2, 0) is 19.1 Å². The molecule has 7 nitrogen and oxygen atoms in total. The summed E-state index contributed by atoms with van der Waals surface area (Å²) >= 11 is 5.95. The lowest BCUT2D eigenvalue weighted by atomic mass is 9.73. The summed E-state index contributed by atoms with van der Waals surface area (Å²) in [4.78, 5) is 30.5. The zero-order chi connectivity index (χ0) is 26.8. The molecule has 2 fully saturated rings. The van der Waals surface area contributed by atoms with E-state index in [9.17, 15) is 19.8 Å². The molecule has 8 heteroatoms. The molecule has 3 heterocycles. The van der Waals surface area contributed by atoms with Gasteiger partial charge in [-0.05, 0) is 56.4 Å². The summed E-state index contributed by atoms with van der Waals surface area (Å²) in [5, 5.41) is 22.2. The third-order valence-electron chi connectivity index (χ3n) is 8.04. The molecular weight excluding hydrogens is 482 g/mol. The third-order valence-corrected chi connectivity index (χ3v) is 8.26. The number of aliphatic hydroxyl groups excluding tert-OH is 2. The van der Waals surface area contributed by atoms with E-state index in [2.05, 4.69) is 11.9 Å². The van der Waals surface area contributed by atoms with Crippen molar-refractivity contribution in [2.24, 2.45) is 17.3 Å². The van der Waals surface area contributed by atoms with Gasteiger partial charge in [-0.25, -0.2) is 0 Å². The van der Waals surface area contributed by atoms with Crippen LogP contribution < -0.4 is 0 Å². The van der Waals surface area contributed by atoms with Gasteiger partial charge < -0.3 is 19.7 Å². The number of carbonyl (C=O) groups excluding carboxylic acids is 2. The van der Waals surface area contributed by atoms with E-state index in [1.807, 2.05) is 19.9 Å². The summed E-state index contributed by atoms with van der Waals surface area (Å²) < 4.78 is 11.9. The van der Waals surface area contributed by atoms with Crippen molar-refractivity contribution in [2.75, 3.05) is 0 Å². The molecule has 1 unspecified atom stereocenters. The Kier molecular flexibility index (Phi) is 9.03. The van der Waals surface area contributed by atoms with E-state index in [0.717, 1.165) is 24.8 Å². The predicted molar refractivity (Wildman–Crippen MR) is 138 cm³/mol. The number of aliphatic hydroxyl groups is 2. The molecule has 2 N–H and O–H groups in total. The Morgan fingerprint density at radius 3 is 2.53 bits per heavy atom. The highest BCUT2D eigenvalue weighted by Gasteiger charge is 2.53. The van der Waals surface area contributed by atoms with E-state index in [-0.39, 0.29) is 29.8 Å². The second-order valence-electron chi connectivity index (χ2n) is 11.4. The van der Waals surface area contributed by atoms with Crippen LogP contribution in [0.4, 0.5) is 0 Å². The van der Waals surface area contributed by atoms with Gasteiger partial charge in [-0.15, -0.1) is 0 Å². The Hall–Kier alpha value is -1.80. The number of pyridine rings is 1. The fourth-order valence-electron chi connectivity index (χ4n) is 5.09. The van der Waals surface area contributed by atoms with Crippen molar-refractivity contribution in [2.45, 2.75) is 104 Å². The van der Waals surface area contributed by atoms with E-state index < -0.39 is 35.6 Å². The van der Waals surface area contributed by atoms with Crippen LogP contribution in [-0.4, -0.2) is 57.0 Å². The largest absolute Gasteiger partial charge is 0.458 e. The summed E-state index contributed by atoms with van der Waals surface area (Å²) in [7, 11) is 0. The number of rotatable bonds is 2. The summed E-state index contributed by atoms with van der Waals surface area (Å²) in [6.07, 6.45) is 3.23. The standard InChI is InChI=1S/C28H40ClNO6/c1-16-8-7-11-28(6)23(36-28)13-21(17(2)12-20-10-9-19(29)15-30-20)35-24(32)14-22(31)27(4,5)26(34)18(3)25(16)33/h9-10,12,15-16,18,21-23,25,31,33H,7-8,11,13-14H2,1-6H3/b17-12+/t16-,18+,21-,22-,23-,25?,28+/m0/s1. The highest BCUT2D eigenvalue weighted by atomic mass is 35.5. The molecule has 0 radical (unpaired) electrons. The fourth-order valence-corrected chi connectivity index (χ4v) is 5.20. The molecule has 2 saturated heterocycles. The SMILES string of the molecule is C/C(=C\c1ccc(Cl)cn1)[C@@H]1C[C@@H]2O[C@]2(C)CCC[C@H](C)C(O)[C@@H](C)C(=O)C(C)(C)[C@@H](O)CC(=O)O1. The van der Waals surface area contributed by atoms with Crippen LogP contribution >= 0.6 is 11.6 Å². The number of fused-ring (bicyclic) bond motifs is 1. The summed E-state index contributed by atoms with van der Waals surface area (Å²) in [6.45, 7) is 10.8. The number of aromatic nitrogens is 1. The number of carbonyl (C=O) groups is 2. The predicted octanol–water partition coefficient (Wildman–Crippen LogP) is 4.76. The van der Waals surface area contributed by atoms with Crippen LogP contribution in [0.25, 0.3) is 6.08 Å². The summed E-state index contributed by atoms with van der Waals surface area (Å²) in [5.41, 5.74) is -0.0592. The van der Waals surface area contributed by atoms with Crippen molar-refractivity contribution in [3.63, 3.8) is 0 Å². The first-order valence-corrected chi connectivity index (χ1v) is 13.2. The van der Waals surface area contributed by atoms with Crippen LogP contribution in [0.3, 0.4) is 0 Å². The second-order valence-corrected chi connectivity index (χ2v) is 11.8. The van der Waals surface area contributed by atoms with Gasteiger partial charge >= 0.3 is 5.97 Å². The van der Waals surface area contributed by atoms with Crippen LogP contribution in [0.5, 0.6) is 0 Å². The maximum atomic E-state index is 13.2. The van der Waals surface area contributed by atoms with Gasteiger partial charge in [0.05, 0.1) is 46.5 Å². The number of nitrogens with zero attached hydrogens (tertiary/aromatic N) is 1. The molecule has 0 saturated carbocycles. The Morgan fingerprint density at radius 1 is 1.19 bits per heavy atom. The minimum atomic E-state index is -1.25. The molecule has 0 aliphatic carbocycles. The second kappa shape index (κ2) is 11.3. The number of cyclic esters (lactones) is 1. The Morgan fingerprint density at radius 2 is 1.89 bits per heavy atom. The van der Waals surface area contributed by atoms with Gasteiger partial charge in [-0.2, -0.15) is 0 Å². The molecule has 1 aromatic rings. The molecule has 7 atom stereocenters. The number of ketones is 1. The van der Waals surface area contributed by atoms with Crippen molar-refractivity contribution in [1.29, 1.82) is 0 Å². The van der Waals surface area contributed by atoms with E-state index >= 15 is 0 Å². The van der Waals surface area contributed by atoms with Crippen LogP contribution in [0.1, 0.15) is 79.3 Å². The number of hydrogen-bond donors (Lipinski definition) is 2. The smallest absolute Gasteiger partial charge is 0.309 e. The zero-order valence-corrected chi connectivity index (χ0v) is 22.9. The minimum absolute atomic E-state index is 0.0770. The van der Waals surface area contributed by atoms with Gasteiger partial charge in [-0.3, -0.25) is 14.6 Å². The average Bonchev–Trinajstić information content (AvgIpc) is 3.46. The number of hydrogen-bond acceptors (Lipinski definition) is 7. The first kappa shape index (κ1) is 28.8. The van der Waals surface area contributed by atoms with Crippen molar-refractivity contribution in [1.82, 2.24) is 4.98 Å². The zero-order valence-electron chi connectivity index (χ0n) is 22.2. The van der Waals surface area contributed by atoms with Gasteiger partial charge in [0.2, 0.25) is 0 Å². The van der Waals surface area contributed by atoms with E-state index in [1.54, 1.807) is 39.1 Å². The molecule has 36 heavy (non-hydrogen) atoms. The average molecular weight is 522 g/mol. The van der Waals surface area contributed by atoms with Crippen LogP contribution in [0.15, 0.2) is 23.9 Å². The lowest BCUT2D eigenvalue weighted by molar-refractivity contribution is -0.154. The van der Waals surface area contributed by atoms with E-state index in [4.69, 9.17) is 21.1 Å². The van der Waals surface area contributed by atoms with E-state index in [0.29, 0.717) is 17.1 Å². The van der Waals surface area contributed by atoms with Gasteiger partial charge in [0.25, 0.3) is 0 Å². The highest BCUT2D eigenvalue weighted by molar-refractivity contribution is 6.30. The molecule has 0 spiro atoms. The fraction of sp³-hybridized carbons (Fsp3) is 0.679. The lowest BCUT2D eigenvalue weighted by Gasteiger charge is -2.34. The third kappa shape index (κ3) is 6.74. The number of halogens is 1. The maximum Gasteiger partial charge on any atom is 0.309 e. The topological polar surface area (TPSA) is 109 Å². The summed E-state index contributed by atoms with van der Waals surface area (Å²) in [6, 6.07) is 3.53. The number of ether oxygens (including phenoxy) is 2. The van der Waals surface area contributed by atoms with Crippen molar-refractivity contribution in [3.05, 3.63) is 34.6 Å². The Balaban J connectivity index is 1.86. The van der Waals surface area contributed by atoms with Crippen LogP contribution in [0, 0.1) is 17.3 Å². The van der Waals surface area contributed by atoms with Crippen LogP contribution in [0.2, 0.25) is 5.02 Å². The van der Waals surface area contributed by atoms with Crippen molar-refractivity contribution >= 4 is 29.4 Å². The number of epoxide rings is 1. The monoisotopic (exact) mass is 521 g/mol. The molecule has 0 aromatic carbocycles. The van der Waals surface area contributed by atoms with Crippen molar-refractivity contribution in [3.8, 4) is 0 Å². The molecular formula is C28H40ClNO6. The minimum Gasteiger partial charge on any atom is -0.458 e. The molecule has 200 valence electrons. The Bertz CT molecular complexity index is 977. The number of Topliss-reactive ketones (excluding diaryl/α,β-unsaturated/α-hetero) is 1. The Labute approximate surface area is 219 Å². The van der Waals surface area contributed by atoms with Crippen molar-refractivity contribution < 1.29 is 29.3 Å². The molecule has 2 aliphatic heterocycles. The first-order valence-electron chi connectivity index (χ1n) is 12.8. The molecule has 0 bridgehead atoms. The van der Waals surface area contributed by atoms with Gasteiger partial charge in [0, 0.05) is 18.5 Å². The van der Waals surface area contributed by atoms with Gasteiger partial charge in [0.15, 0.2) is 0 Å². The van der Waals surface area contributed by atoms with E-state index in [1.165, 1.54) is 0 Å². The lowest BCUT2D eigenvalue weighted by Crippen LogP contribution is -2.45. The first-order chi connectivity index (χ1) is 16.7. The normalized spacial score (nSPS) is 36.6. The molecule has 0 amide bonds.